The normalized spacial score (nSPS) is 12.0. The van der Waals surface area contributed by atoms with Gasteiger partial charge in [-0.3, -0.25) is 0 Å². The molecule has 1 atom stereocenters. The van der Waals surface area contributed by atoms with Crippen LogP contribution in [0.25, 0.3) is 0 Å². The molecule has 0 saturated carbocycles. The van der Waals surface area contributed by atoms with Crippen LogP contribution in [0.5, 0.6) is 5.75 Å². The van der Waals surface area contributed by atoms with Gasteiger partial charge in [-0.15, -0.1) is 0 Å². The van der Waals surface area contributed by atoms with E-state index in [1.54, 1.807) is 18.2 Å². The molecule has 2 rings (SSSR count). The molecule has 21 heavy (non-hydrogen) atoms. The Morgan fingerprint density at radius 1 is 1.14 bits per heavy atom. The Labute approximate surface area is 124 Å². The molecule has 0 amide bonds. The van der Waals surface area contributed by atoms with Crippen molar-refractivity contribution < 1.29 is 14.2 Å². The molecular formula is C17H20FNO2. The monoisotopic (exact) mass is 289 g/mol. The fraction of sp³-hybridized carbons (Fsp3) is 0.294. The van der Waals surface area contributed by atoms with Crippen molar-refractivity contribution in [3.05, 3.63) is 59.4 Å². The molecule has 4 heteroatoms. The summed E-state index contributed by atoms with van der Waals surface area (Å²) < 4.78 is 19.0. The van der Waals surface area contributed by atoms with Crippen molar-refractivity contribution >= 4 is 5.69 Å². The third-order valence-electron chi connectivity index (χ3n) is 3.47. The summed E-state index contributed by atoms with van der Waals surface area (Å²) in [5.41, 5.74) is 2.26. The van der Waals surface area contributed by atoms with Crippen molar-refractivity contribution in [3.8, 4) is 5.75 Å². The van der Waals surface area contributed by atoms with E-state index in [9.17, 15) is 9.50 Å². The van der Waals surface area contributed by atoms with Crippen molar-refractivity contribution in [2.45, 2.75) is 12.5 Å². The summed E-state index contributed by atoms with van der Waals surface area (Å²) in [4.78, 5) is 1.98. The number of rotatable bonds is 5. The van der Waals surface area contributed by atoms with Crippen LogP contribution in [0.2, 0.25) is 0 Å². The van der Waals surface area contributed by atoms with Gasteiger partial charge in [-0.2, -0.15) is 0 Å². The first-order valence-electron chi connectivity index (χ1n) is 6.79. The maximum atomic E-state index is 14.1. The zero-order valence-corrected chi connectivity index (χ0v) is 12.5. The van der Waals surface area contributed by atoms with Crippen LogP contribution in [0.4, 0.5) is 10.1 Å². The second kappa shape index (κ2) is 6.59. The number of methoxy groups -OCH3 is 1. The molecule has 0 heterocycles. The van der Waals surface area contributed by atoms with Gasteiger partial charge in [0.2, 0.25) is 0 Å². The molecule has 112 valence electrons. The van der Waals surface area contributed by atoms with Crippen molar-refractivity contribution in [3.63, 3.8) is 0 Å². The minimum Gasteiger partial charge on any atom is -0.494 e. The number of anilines is 1. The Morgan fingerprint density at radius 3 is 2.38 bits per heavy atom. The second-order valence-electron chi connectivity index (χ2n) is 5.14. The average Bonchev–Trinajstić information content (AvgIpc) is 2.49. The van der Waals surface area contributed by atoms with Crippen LogP contribution < -0.4 is 9.64 Å². The lowest BCUT2D eigenvalue weighted by molar-refractivity contribution is 0.177. The zero-order chi connectivity index (χ0) is 15.4. The van der Waals surface area contributed by atoms with Crippen molar-refractivity contribution in [1.29, 1.82) is 0 Å². The van der Waals surface area contributed by atoms with Crippen LogP contribution in [-0.2, 0) is 6.42 Å². The lowest BCUT2D eigenvalue weighted by atomic mass is 10.0. The minimum absolute atomic E-state index is 0.197. The molecule has 1 N–H and O–H groups in total. The summed E-state index contributed by atoms with van der Waals surface area (Å²) >= 11 is 0. The summed E-state index contributed by atoms with van der Waals surface area (Å²) in [5, 5.41) is 10.3. The highest BCUT2D eigenvalue weighted by Crippen LogP contribution is 2.26. The van der Waals surface area contributed by atoms with Gasteiger partial charge in [-0.1, -0.05) is 24.3 Å². The van der Waals surface area contributed by atoms with Crippen LogP contribution in [0.3, 0.4) is 0 Å². The van der Waals surface area contributed by atoms with Crippen molar-refractivity contribution in [2.75, 3.05) is 26.1 Å². The fourth-order valence-electron chi connectivity index (χ4n) is 2.19. The van der Waals surface area contributed by atoms with E-state index in [4.69, 9.17) is 4.74 Å². The van der Waals surface area contributed by atoms with Crippen LogP contribution in [0.1, 0.15) is 17.2 Å². The van der Waals surface area contributed by atoms with Crippen molar-refractivity contribution in [2.24, 2.45) is 0 Å². The smallest absolute Gasteiger partial charge is 0.168 e. The Balaban J connectivity index is 2.16. The average molecular weight is 289 g/mol. The fourth-order valence-corrected chi connectivity index (χ4v) is 2.19. The van der Waals surface area contributed by atoms with Gasteiger partial charge < -0.3 is 14.7 Å². The topological polar surface area (TPSA) is 32.7 Å². The van der Waals surface area contributed by atoms with E-state index < -0.39 is 11.9 Å². The molecule has 3 nitrogen and oxygen atoms in total. The lowest BCUT2D eigenvalue weighted by Crippen LogP contribution is -2.09. The van der Waals surface area contributed by atoms with Crippen LogP contribution >= 0.6 is 0 Å². The van der Waals surface area contributed by atoms with E-state index in [0.29, 0.717) is 5.56 Å². The second-order valence-corrected chi connectivity index (χ2v) is 5.14. The largest absolute Gasteiger partial charge is 0.494 e. The van der Waals surface area contributed by atoms with Crippen molar-refractivity contribution in [1.82, 2.24) is 0 Å². The predicted octanol–water partition coefficient (Wildman–Crippen LogP) is 3.18. The number of hydrogen-bond acceptors (Lipinski definition) is 3. The van der Waals surface area contributed by atoms with Crippen LogP contribution in [0.15, 0.2) is 42.5 Å². The Hall–Kier alpha value is -2.07. The van der Waals surface area contributed by atoms with Gasteiger partial charge in [0.25, 0.3) is 0 Å². The Bertz CT molecular complexity index is 596. The molecule has 0 spiro atoms. The zero-order valence-electron chi connectivity index (χ0n) is 12.5. The molecule has 0 saturated heterocycles. The van der Waals surface area contributed by atoms with E-state index in [1.165, 1.54) is 7.11 Å². The molecule has 1 unspecified atom stereocenters. The lowest BCUT2D eigenvalue weighted by Gasteiger charge is -2.16. The SMILES string of the molecule is COc1cccc(CC(O)c2ccc(N(C)C)cc2)c1F. The van der Waals surface area contributed by atoms with Crippen LogP contribution in [0, 0.1) is 5.82 Å². The number of nitrogens with zero attached hydrogens (tertiary/aromatic N) is 1. The number of hydrogen-bond donors (Lipinski definition) is 1. The van der Waals surface area contributed by atoms with Crippen LogP contribution in [-0.4, -0.2) is 26.3 Å². The summed E-state index contributed by atoms with van der Waals surface area (Å²) in [6.07, 6.45) is -0.535. The number of benzene rings is 2. The molecule has 0 bridgehead atoms. The Morgan fingerprint density at radius 2 is 1.81 bits per heavy atom. The molecule has 2 aromatic rings. The third-order valence-corrected chi connectivity index (χ3v) is 3.47. The first-order valence-corrected chi connectivity index (χ1v) is 6.79. The first kappa shape index (κ1) is 15.3. The molecule has 0 radical (unpaired) electrons. The van der Waals surface area contributed by atoms with E-state index in [1.807, 2.05) is 43.3 Å². The summed E-state index contributed by atoms with van der Waals surface area (Å²) in [6, 6.07) is 12.5. The first-order chi connectivity index (χ1) is 10.0. The van der Waals surface area contributed by atoms with Gasteiger partial charge in [0.15, 0.2) is 11.6 Å². The quantitative estimate of drug-likeness (QED) is 0.917. The number of halogens is 1. The van der Waals surface area contributed by atoms with Gasteiger partial charge in [-0.05, 0) is 29.3 Å². The summed E-state index contributed by atoms with van der Waals surface area (Å²) in [7, 11) is 5.34. The van der Waals surface area contributed by atoms with Gasteiger partial charge in [0, 0.05) is 26.2 Å². The maximum Gasteiger partial charge on any atom is 0.168 e. The molecule has 0 aliphatic carbocycles. The number of aliphatic hydroxyl groups is 1. The third kappa shape index (κ3) is 3.52. The van der Waals surface area contributed by atoms with Gasteiger partial charge >= 0.3 is 0 Å². The number of ether oxygens (including phenoxy) is 1. The molecule has 2 aromatic carbocycles. The predicted molar refractivity (Wildman–Crippen MR) is 82.4 cm³/mol. The highest BCUT2D eigenvalue weighted by atomic mass is 19.1. The number of aliphatic hydroxyl groups excluding tert-OH is 1. The van der Waals surface area contributed by atoms with E-state index in [0.717, 1.165) is 11.3 Å². The molecule has 0 aliphatic rings. The standard InChI is InChI=1S/C17H20FNO2/c1-19(2)14-9-7-12(8-10-14)15(20)11-13-5-4-6-16(21-3)17(13)18/h4-10,15,20H,11H2,1-3H3. The molecular weight excluding hydrogens is 269 g/mol. The van der Waals surface area contributed by atoms with Gasteiger partial charge in [0.1, 0.15) is 0 Å². The summed E-state index contributed by atoms with van der Waals surface area (Å²) in [6.45, 7) is 0. The Kier molecular flexibility index (Phi) is 4.81. The molecule has 0 aliphatic heterocycles. The van der Waals surface area contributed by atoms with E-state index in [-0.39, 0.29) is 12.2 Å². The molecule has 0 aromatic heterocycles. The van der Waals surface area contributed by atoms with Gasteiger partial charge in [0.05, 0.1) is 13.2 Å². The van der Waals surface area contributed by atoms with E-state index >= 15 is 0 Å². The van der Waals surface area contributed by atoms with Gasteiger partial charge in [-0.25, -0.2) is 4.39 Å². The highest BCUT2D eigenvalue weighted by Gasteiger charge is 2.14. The highest BCUT2D eigenvalue weighted by molar-refractivity contribution is 5.46. The van der Waals surface area contributed by atoms with E-state index in [2.05, 4.69) is 0 Å². The molecule has 0 fully saturated rings. The maximum absolute atomic E-state index is 14.1. The minimum atomic E-state index is -0.747. The summed E-state index contributed by atoms with van der Waals surface area (Å²) in [5.74, 6) is -0.216.